The molecule has 0 unspecified atom stereocenters. The van der Waals surface area contributed by atoms with E-state index in [0.717, 1.165) is 12.6 Å². The Morgan fingerprint density at radius 3 is 1.88 bits per heavy atom. The summed E-state index contributed by atoms with van der Waals surface area (Å²) in [4.78, 5) is 9.38. The molecule has 0 fully saturated rings. The third-order valence-electron chi connectivity index (χ3n) is 3.15. The molecule has 0 saturated heterocycles. The number of hydrogen-bond acceptors (Lipinski definition) is 4. The molecule has 134 valence electrons. The minimum Gasteiger partial charge on any atom is -0.379 e. The summed E-state index contributed by atoms with van der Waals surface area (Å²) >= 11 is 0. The topological polar surface area (TPSA) is 72.5 Å². The van der Waals surface area contributed by atoms with Crippen molar-refractivity contribution in [3.05, 3.63) is 58.7 Å². The van der Waals surface area contributed by atoms with Crippen LogP contribution in [0.1, 0.15) is 15.9 Å². The number of halogens is 4. The van der Waals surface area contributed by atoms with Crippen LogP contribution in [-0.4, -0.2) is 21.4 Å². The molecule has 5 nitrogen and oxygen atoms in total. The van der Waals surface area contributed by atoms with Gasteiger partial charge in [-0.05, 0) is 19.1 Å². The van der Waals surface area contributed by atoms with E-state index < -0.39 is 49.8 Å². The zero-order chi connectivity index (χ0) is 18.9. The van der Waals surface area contributed by atoms with E-state index in [4.69, 9.17) is 0 Å². The van der Waals surface area contributed by atoms with Crippen LogP contribution in [0, 0.1) is 30.2 Å². The van der Waals surface area contributed by atoms with E-state index in [0.29, 0.717) is 0 Å². The van der Waals surface area contributed by atoms with Gasteiger partial charge in [0.05, 0.1) is 0 Å². The van der Waals surface area contributed by atoms with Gasteiger partial charge in [0.25, 0.3) is 5.91 Å². The van der Waals surface area contributed by atoms with E-state index in [1.165, 1.54) is 24.3 Å². The SMILES string of the molecule is CNC(=O)c1c(F)c(F)c(S(=O)(=O)Oc2ccc(C)cc2)c(F)c1F. The Hall–Kier alpha value is -2.62. The van der Waals surface area contributed by atoms with E-state index in [1.807, 2.05) is 0 Å². The number of amides is 1. The summed E-state index contributed by atoms with van der Waals surface area (Å²) in [7, 11) is -4.27. The van der Waals surface area contributed by atoms with Gasteiger partial charge in [-0.1, -0.05) is 17.7 Å². The number of benzene rings is 2. The molecule has 0 atom stereocenters. The lowest BCUT2D eigenvalue weighted by Crippen LogP contribution is -2.25. The van der Waals surface area contributed by atoms with Crippen LogP contribution in [0.15, 0.2) is 29.2 Å². The fraction of sp³-hybridized carbons (Fsp3) is 0.133. The number of rotatable bonds is 4. The van der Waals surface area contributed by atoms with Crippen molar-refractivity contribution >= 4 is 16.0 Å². The Kier molecular flexibility index (Phi) is 5.02. The molecular weight excluding hydrogens is 366 g/mol. The summed E-state index contributed by atoms with van der Waals surface area (Å²) in [5.74, 6) is -10.6. The minimum absolute atomic E-state index is 0.319. The van der Waals surface area contributed by atoms with Gasteiger partial charge < -0.3 is 9.50 Å². The summed E-state index contributed by atoms with van der Waals surface area (Å²) < 4.78 is 84.5. The molecule has 0 aromatic heterocycles. The second-order valence-electron chi connectivity index (χ2n) is 4.89. The Morgan fingerprint density at radius 2 is 1.44 bits per heavy atom. The van der Waals surface area contributed by atoms with Crippen molar-refractivity contribution in [1.29, 1.82) is 0 Å². The summed E-state index contributed by atoms with van der Waals surface area (Å²) in [5.41, 5.74) is -0.832. The molecule has 0 spiro atoms. The first-order valence-electron chi connectivity index (χ1n) is 6.69. The Bertz CT molecular complexity index is 914. The van der Waals surface area contributed by atoms with Gasteiger partial charge in [0.2, 0.25) is 0 Å². The van der Waals surface area contributed by atoms with Crippen molar-refractivity contribution in [2.75, 3.05) is 7.05 Å². The quantitative estimate of drug-likeness (QED) is 0.505. The first-order valence-corrected chi connectivity index (χ1v) is 8.10. The molecule has 0 aliphatic rings. The van der Waals surface area contributed by atoms with E-state index in [1.54, 1.807) is 12.2 Å². The van der Waals surface area contributed by atoms with Crippen molar-refractivity contribution in [3.63, 3.8) is 0 Å². The zero-order valence-electron chi connectivity index (χ0n) is 12.9. The van der Waals surface area contributed by atoms with Crippen molar-refractivity contribution in [2.45, 2.75) is 11.8 Å². The largest absolute Gasteiger partial charge is 0.379 e. The van der Waals surface area contributed by atoms with Gasteiger partial charge in [0.15, 0.2) is 28.2 Å². The maximum Gasteiger partial charge on any atom is 0.345 e. The average molecular weight is 377 g/mol. The predicted molar refractivity (Wildman–Crippen MR) is 78.7 cm³/mol. The van der Waals surface area contributed by atoms with Crippen LogP contribution in [-0.2, 0) is 10.1 Å². The molecule has 2 rings (SSSR count). The standard InChI is InChI=1S/C15H11F4NO4S/c1-7-3-5-8(6-4-7)24-25(22,23)14-12(18)10(16)9(15(21)20-2)11(17)13(14)19/h3-6H,1-2H3,(H,20,21). The average Bonchev–Trinajstić information content (AvgIpc) is 2.55. The van der Waals surface area contributed by atoms with Gasteiger partial charge in [0.1, 0.15) is 11.3 Å². The van der Waals surface area contributed by atoms with E-state index in [2.05, 4.69) is 4.18 Å². The van der Waals surface area contributed by atoms with Crippen LogP contribution in [0.5, 0.6) is 5.75 Å². The van der Waals surface area contributed by atoms with Gasteiger partial charge in [-0.3, -0.25) is 4.79 Å². The van der Waals surface area contributed by atoms with Crippen LogP contribution in [0.4, 0.5) is 17.6 Å². The second kappa shape index (κ2) is 6.71. The van der Waals surface area contributed by atoms with Gasteiger partial charge in [-0.25, -0.2) is 17.6 Å². The third kappa shape index (κ3) is 3.43. The lowest BCUT2D eigenvalue weighted by atomic mass is 10.1. The Morgan fingerprint density at radius 1 is 0.960 bits per heavy atom. The first kappa shape index (κ1) is 18.7. The van der Waals surface area contributed by atoms with Crippen molar-refractivity contribution in [1.82, 2.24) is 5.32 Å². The molecule has 0 radical (unpaired) electrons. The molecule has 2 aromatic rings. The van der Waals surface area contributed by atoms with Crippen LogP contribution < -0.4 is 9.50 Å². The molecule has 2 aromatic carbocycles. The summed E-state index contributed by atoms with van der Waals surface area (Å²) in [5, 5.41) is 1.79. The number of nitrogens with one attached hydrogen (secondary N) is 1. The summed E-state index contributed by atoms with van der Waals surface area (Å²) in [6.07, 6.45) is 0. The van der Waals surface area contributed by atoms with Crippen molar-refractivity contribution in [2.24, 2.45) is 0 Å². The van der Waals surface area contributed by atoms with Crippen LogP contribution in [0.3, 0.4) is 0 Å². The summed E-state index contributed by atoms with van der Waals surface area (Å²) in [6.45, 7) is 1.69. The van der Waals surface area contributed by atoms with Gasteiger partial charge in [0, 0.05) is 7.05 Å². The maximum absolute atomic E-state index is 14.0. The molecule has 0 aliphatic carbocycles. The maximum atomic E-state index is 14.0. The predicted octanol–water partition coefficient (Wildman–Crippen LogP) is 2.68. The lowest BCUT2D eigenvalue weighted by molar-refractivity contribution is 0.0951. The van der Waals surface area contributed by atoms with E-state index in [-0.39, 0.29) is 5.75 Å². The highest BCUT2D eigenvalue weighted by Crippen LogP contribution is 2.29. The van der Waals surface area contributed by atoms with Gasteiger partial charge in [-0.2, -0.15) is 8.42 Å². The molecule has 25 heavy (non-hydrogen) atoms. The first-order chi connectivity index (χ1) is 11.6. The molecule has 0 aliphatic heterocycles. The third-order valence-corrected chi connectivity index (χ3v) is 4.42. The highest BCUT2D eigenvalue weighted by atomic mass is 32.2. The van der Waals surface area contributed by atoms with Crippen LogP contribution in [0.25, 0.3) is 0 Å². The molecule has 10 heteroatoms. The van der Waals surface area contributed by atoms with Crippen molar-refractivity contribution < 1.29 is 35.0 Å². The van der Waals surface area contributed by atoms with Crippen molar-refractivity contribution in [3.8, 4) is 5.75 Å². The molecule has 0 saturated carbocycles. The molecular formula is C15H11F4NO4S. The highest BCUT2D eigenvalue weighted by Gasteiger charge is 2.36. The van der Waals surface area contributed by atoms with E-state index in [9.17, 15) is 30.8 Å². The van der Waals surface area contributed by atoms with Gasteiger partial charge in [-0.15, -0.1) is 0 Å². The Balaban J connectivity index is 2.62. The monoisotopic (exact) mass is 377 g/mol. The normalized spacial score (nSPS) is 11.3. The lowest BCUT2D eigenvalue weighted by Gasteiger charge is -2.12. The summed E-state index contributed by atoms with van der Waals surface area (Å²) in [6, 6.07) is 5.28. The number of carbonyl (C=O) groups excluding carboxylic acids is 1. The van der Waals surface area contributed by atoms with Crippen LogP contribution >= 0.6 is 0 Å². The molecule has 0 heterocycles. The highest BCUT2D eigenvalue weighted by molar-refractivity contribution is 7.87. The van der Waals surface area contributed by atoms with Crippen LogP contribution in [0.2, 0.25) is 0 Å². The fourth-order valence-corrected chi connectivity index (χ4v) is 2.98. The van der Waals surface area contributed by atoms with E-state index >= 15 is 0 Å². The second-order valence-corrected chi connectivity index (χ2v) is 6.37. The molecule has 1 amide bonds. The number of aryl methyl sites for hydroxylation is 1. The van der Waals surface area contributed by atoms with Gasteiger partial charge >= 0.3 is 10.1 Å². The molecule has 1 N–H and O–H groups in total. The molecule has 0 bridgehead atoms. The smallest absolute Gasteiger partial charge is 0.345 e. The Labute approximate surface area is 140 Å². The minimum atomic E-state index is -5.24. The number of carbonyl (C=O) groups is 1. The zero-order valence-corrected chi connectivity index (χ0v) is 13.7. The number of hydrogen-bond donors (Lipinski definition) is 1. The fourth-order valence-electron chi connectivity index (χ4n) is 1.92.